The molecule has 0 bridgehead atoms. The smallest absolute Gasteiger partial charge is 0.253 e. The van der Waals surface area contributed by atoms with Crippen molar-refractivity contribution in [3.05, 3.63) is 53.8 Å². The van der Waals surface area contributed by atoms with E-state index in [0.717, 1.165) is 5.56 Å². The lowest BCUT2D eigenvalue weighted by Crippen LogP contribution is -2.41. The first-order valence-corrected chi connectivity index (χ1v) is 8.60. The van der Waals surface area contributed by atoms with Crippen molar-refractivity contribution in [3.63, 3.8) is 0 Å². The topological polar surface area (TPSA) is 38.8 Å². The number of nitrogens with zero attached hydrogens (tertiary/aromatic N) is 1. The number of amides is 1. The summed E-state index contributed by atoms with van der Waals surface area (Å²) in [7, 11) is 1.54. The first kappa shape index (κ1) is 16.8. The molecular weight excluding hydrogens is 329 g/mol. The molecule has 4 nitrogen and oxygen atoms in total. The first-order chi connectivity index (χ1) is 11.7. The summed E-state index contributed by atoms with van der Waals surface area (Å²) in [6.45, 7) is 0.825. The lowest BCUT2D eigenvalue weighted by molar-refractivity contribution is -0.125. The van der Waals surface area contributed by atoms with Crippen LogP contribution in [0.5, 0.6) is 5.75 Å². The number of ether oxygens (including phenoxy) is 2. The second-order valence-corrected chi connectivity index (χ2v) is 6.35. The maximum Gasteiger partial charge on any atom is 0.253 e. The number of carbonyl (C=O) groups is 1. The van der Waals surface area contributed by atoms with E-state index in [4.69, 9.17) is 9.47 Å². The molecule has 1 aliphatic rings. The van der Waals surface area contributed by atoms with Crippen molar-refractivity contribution in [2.45, 2.75) is 10.6 Å². The van der Waals surface area contributed by atoms with Gasteiger partial charge in [0.25, 0.3) is 5.91 Å². The zero-order valence-electron chi connectivity index (χ0n) is 13.3. The summed E-state index contributed by atoms with van der Waals surface area (Å²) in [4.78, 5) is 14.3. The maximum atomic E-state index is 14.1. The van der Waals surface area contributed by atoms with E-state index in [1.54, 1.807) is 0 Å². The molecule has 0 unspecified atom stereocenters. The molecule has 0 N–H and O–H groups in total. The van der Waals surface area contributed by atoms with Crippen molar-refractivity contribution >= 4 is 23.4 Å². The van der Waals surface area contributed by atoms with Crippen molar-refractivity contribution in [1.82, 2.24) is 0 Å². The van der Waals surface area contributed by atoms with E-state index in [-0.39, 0.29) is 18.3 Å². The SMILES string of the molecule is COc1c(SCc2ccccc2)cc(F)cc1N1CCOCC1=O. The molecule has 0 saturated carbocycles. The second-order valence-electron chi connectivity index (χ2n) is 5.33. The Labute approximate surface area is 144 Å². The lowest BCUT2D eigenvalue weighted by Gasteiger charge is -2.29. The molecule has 2 aromatic rings. The summed E-state index contributed by atoms with van der Waals surface area (Å²) in [5.74, 6) is 0.634. The average Bonchev–Trinajstić information content (AvgIpc) is 2.61. The van der Waals surface area contributed by atoms with E-state index < -0.39 is 0 Å². The van der Waals surface area contributed by atoms with Crippen LogP contribution in [-0.2, 0) is 15.3 Å². The van der Waals surface area contributed by atoms with Gasteiger partial charge < -0.3 is 14.4 Å². The summed E-state index contributed by atoms with van der Waals surface area (Å²) >= 11 is 1.48. The normalized spacial score (nSPS) is 14.8. The van der Waals surface area contributed by atoms with Crippen LogP contribution >= 0.6 is 11.8 Å². The van der Waals surface area contributed by atoms with Crippen molar-refractivity contribution in [3.8, 4) is 5.75 Å². The molecule has 3 rings (SSSR count). The summed E-state index contributed by atoms with van der Waals surface area (Å²) in [5, 5.41) is 0. The molecule has 1 aliphatic heterocycles. The molecule has 24 heavy (non-hydrogen) atoms. The van der Waals surface area contributed by atoms with E-state index in [1.807, 2.05) is 30.3 Å². The van der Waals surface area contributed by atoms with Crippen LogP contribution in [0.25, 0.3) is 0 Å². The third-order valence-electron chi connectivity index (χ3n) is 3.72. The lowest BCUT2D eigenvalue weighted by atomic mass is 10.2. The number of hydrogen-bond acceptors (Lipinski definition) is 4. The maximum absolute atomic E-state index is 14.1. The Kier molecular flexibility index (Phi) is 5.37. The number of morpholine rings is 1. The van der Waals surface area contributed by atoms with Gasteiger partial charge >= 0.3 is 0 Å². The Morgan fingerprint density at radius 3 is 2.79 bits per heavy atom. The van der Waals surface area contributed by atoms with Gasteiger partial charge in [0.05, 0.1) is 24.3 Å². The van der Waals surface area contributed by atoms with Gasteiger partial charge in [-0.15, -0.1) is 11.8 Å². The summed E-state index contributed by atoms with van der Waals surface area (Å²) in [6.07, 6.45) is 0. The predicted molar refractivity (Wildman–Crippen MR) is 92.1 cm³/mol. The Bertz CT molecular complexity index is 724. The molecule has 0 atom stereocenters. The second kappa shape index (κ2) is 7.68. The van der Waals surface area contributed by atoms with Crippen LogP contribution in [-0.4, -0.2) is 32.8 Å². The molecular formula is C18H18FNO3S. The third kappa shape index (κ3) is 3.71. The quantitative estimate of drug-likeness (QED) is 0.776. The molecule has 1 saturated heterocycles. The highest BCUT2D eigenvalue weighted by molar-refractivity contribution is 7.98. The van der Waals surface area contributed by atoms with Gasteiger partial charge in [-0.05, 0) is 11.6 Å². The molecule has 2 aromatic carbocycles. The molecule has 0 radical (unpaired) electrons. The highest BCUT2D eigenvalue weighted by Gasteiger charge is 2.25. The van der Waals surface area contributed by atoms with Gasteiger partial charge in [-0.1, -0.05) is 30.3 Å². The van der Waals surface area contributed by atoms with Gasteiger partial charge in [-0.3, -0.25) is 4.79 Å². The fraction of sp³-hybridized carbons (Fsp3) is 0.278. The standard InChI is InChI=1S/C18H18FNO3S/c1-22-18-15(20-7-8-23-11-17(20)21)9-14(19)10-16(18)24-12-13-5-3-2-4-6-13/h2-6,9-10H,7-8,11-12H2,1H3. The fourth-order valence-corrected chi connectivity index (χ4v) is 3.61. The van der Waals surface area contributed by atoms with E-state index in [0.29, 0.717) is 35.2 Å². The number of methoxy groups -OCH3 is 1. The fourth-order valence-electron chi connectivity index (χ4n) is 2.58. The highest BCUT2D eigenvalue weighted by Crippen LogP contribution is 2.40. The molecule has 1 fully saturated rings. The predicted octanol–water partition coefficient (Wildman–Crippen LogP) is 3.49. The number of benzene rings is 2. The van der Waals surface area contributed by atoms with Gasteiger partial charge in [0.15, 0.2) is 5.75 Å². The molecule has 0 aliphatic carbocycles. The first-order valence-electron chi connectivity index (χ1n) is 7.61. The third-order valence-corrected chi connectivity index (χ3v) is 4.81. The number of thioether (sulfide) groups is 1. The van der Waals surface area contributed by atoms with Gasteiger partial charge in [0.1, 0.15) is 12.4 Å². The summed E-state index contributed by atoms with van der Waals surface area (Å²) < 4.78 is 24.8. The van der Waals surface area contributed by atoms with Gasteiger partial charge in [0.2, 0.25) is 0 Å². The van der Waals surface area contributed by atoms with E-state index >= 15 is 0 Å². The minimum atomic E-state index is -0.388. The van der Waals surface area contributed by atoms with E-state index in [9.17, 15) is 9.18 Å². The monoisotopic (exact) mass is 347 g/mol. The van der Waals surface area contributed by atoms with Gasteiger partial charge in [-0.2, -0.15) is 0 Å². The highest BCUT2D eigenvalue weighted by atomic mass is 32.2. The van der Waals surface area contributed by atoms with Crippen LogP contribution in [0.15, 0.2) is 47.4 Å². The van der Waals surface area contributed by atoms with Crippen molar-refractivity contribution in [1.29, 1.82) is 0 Å². The molecule has 6 heteroatoms. The van der Waals surface area contributed by atoms with Crippen LogP contribution < -0.4 is 9.64 Å². The summed E-state index contributed by atoms with van der Waals surface area (Å²) in [6, 6.07) is 12.7. The summed E-state index contributed by atoms with van der Waals surface area (Å²) in [5.41, 5.74) is 1.60. The van der Waals surface area contributed by atoms with Crippen LogP contribution in [0.4, 0.5) is 10.1 Å². The number of halogens is 1. The largest absolute Gasteiger partial charge is 0.493 e. The minimum absolute atomic E-state index is 0.00611. The Hall–Kier alpha value is -2.05. The molecule has 126 valence electrons. The Morgan fingerprint density at radius 2 is 2.08 bits per heavy atom. The van der Waals surface area contributed by atoms with E-state index in [1.165, 1.54) is 35.9 Å². The van der Waals surface area contributed by atoms with Crippen LogP contribution in [0, 0.1) is 5.82 Å². The van der Waals surface area contributed by atoms with Gasteiger partial charge in [-0.25, -0.2) is 4.39 Å². The number of carbonyl (C=O) groups excluding carboxylic acids is 1. The van der Waals surface area contributed by atoms with Crippen LogP contribution in [0.1, 0.15) is 5.56 Å². The Balaban J connectivity index is 1.90. The van der Waals surface area contributed by atoms with Crippen LogP contribution in [0.3, 0.4) is 0 Å². The molecule has 0 spiro atoms. The Morgan fingerprint density at radius 1 is 1.29 bits per heavy atom. The number of anilines is 1. The van der Waals surface area contributed by atoms with Gasteiger partial charge in [0, 0.05) is 18.4 Å². The van der Waals surface area contributed by atoms with Crippen molar-refractivity contribution in [2.75, 3.05) is 31.8 Å². The molecule has 0 aromatic heterocycles. The average molecular weight is 347 g/mol. The molecule has 1 amide bonds. The van der Waals surface area contributed by atoms with Crippen LogP contribution in [0.2, 0.25) is 0 Å². The number of hydrogen-bond donors (Lipinski definition) is 0. The van der Waals surface area contributed by atoms with E-state index in [2.05, 4.69) is 0 Å². The minimum Gasteiger partial charge on any atom is -0.493 e. The zero-order valence-corrected chi connectivity index (χ0v) is 14.1. The zero-order chi connectivity index (χ0) is 16.9. The number of rotatable bonds is 5. The molecule has 1 heterocycles. The van der Waals surface area contributed by atoms with Crippen molar-refractivity contribution in [2.24, 2.45) is 0 Å². The van der Waals surface area contributed by atoms with Crippen molar-refractivity contribution < 1.29 is 18.7 Å².